The molecule has 68 heavy (non-hydrogen) atoms. The molecule has 0 aliphatic carbocycles. The summed E-state index contributed by atoms with van der Waals surface area (Å²) in [6.07, 6.45) is 5.80. The highest BCUT2D eigenvalue weighted by Gasteiger charge is 2.39. The van der Waals surface area contributed by atoms with Crippen molar-refractivity contribution in [2.24, 2.45) is 0 Å². The molecule has 0 saturated carbocycles. The van der Waals surface area contributed by atoms with E-state index in [0.29, 0.717) is 92.1 Å². The van der Waals surface area contributed by atoms with Gasteiger partial charge in [0.2, 0.25) is 0 Å². The van der Waals surface area contributed by atoms with E-state index in [1.165, 1.54) is 9.80 Å². The van der Waals surface area contributed by atoms with Gasteiger partial charge in [-0.15, -0.1) is 0 Å². The molecule has 0 fully saturated rings. The Kier molecular flexibility index (Phi) is 14.7. The molecule has 2 aliphatic heterocycles. The largest absolute Gasteiger partial charge is 0.496 e. The van der Waals surface area contributed by atoms with Crippen LogP contribution in [0.2, 0.25) is 20.1 Å². The van der Waals surface area contributed by atoms with E-state index in [2.05, 4.69) is 63.7 Å². The van der Waals surface area contributed by atoms with Gasteiger partial charge in [0, 0.05) is 76.3 Å². The number of hydrogen-bond donors (Lipinski definition) is 0. The molecule has 0 bridgehead atoms. The Morgan fingerprint density at radius 3 is 0.971 bits per heavy atom. The van der Waals surface area contributed by atoms with Crippen LogP contribution in [0.3, 0.4) is 0 Å². The standard InChI is InChI=1S/C50H38Br4Cl4N2O8/c1-65-35-19-29(53)37(21-27(35)51)67-13-9-5-3-7-11-59-47(61)23-15-31(55)41-43-33(57)17-25-40-26(18-34(58)44(46(40)43)42-32(56)16-24(48(59)62)39(23)45(41)42)50(64)60(49(25)63)12-8-4-6-10-14-68-38-22-28(52)36(66-2)20-30(38)54/h15-22H,3-14H2,1-2H3. The van der Waals surface area contributed by atoms with E-state index >= 15 is 0 Å². The molecule has 7 aromatic carbocycles. The molecule has 0 spiro atoms. The van der Waals surface area contributed by atoms with E-state index in [-0.39, 0.29) is 55.4 Å². The Bertz CT molecular complexity index is 2930. The molecule has 10 nitrogen and oxygen atoms in total. The lowest BCUT2D eigenvalue weighted by molar-refractivity contribution is 0.0592. The summed E-state index contributed by atoms with van der Waals surface area (Å²) >= 11 is 42.7. The maximum Gasteiger partial charge on any atom is 0.261 e. The topological polar surface area (TPSA) is 112 Å². The fraction of sp³-hybridized carbons (Fsp3) is 0.280. The molecule has 0 unspecified atom stereocenters. The number of nitrogens with zero attached hydrogens (tertiary/aromatic N) is 2. The molecule has 7 aromatic rings. The summed E-state index contributed by atoms with van der Waals surface area (Å²) in [7, 11) is 3.20. The van der Waals surface area contributed by atoms with Crippen molar-refractivity contribution in [3.63, 3.8) is 0 Å². The van der Waals surface area contributed by atoms with Gasteiger partial charge in [0.1, 0.15) is 23.0 Å². The second kappa shape index (κ2) is 20.3. The predicted octanol–water partition coefficient (Wildman–Crippen LogP) is 15.9. The van der Waals surface area contributed by atoms with Crippen molar-refractivity contribution in [3.8, 4) is 23.0 Å². The number of methoxy groups -OCH3 is 2. The Hall–Kier alpha value is -3.60. The van der Waals surface area contributed by atoms with Crippen molar-refractivity contribution >= 4 is 177 Å². The van der Waals surface area contributed by atoms with Crippen LogP contribution in [0.25, 0.3) is 43.1 Å². The maximum absolute atomic E-state index is 14.3. The number of carbonyl (C=O) groups is 4. The van der Waals surface area contributed by atoms with Crippen LogP contribution in [0.1, 0.15) is 92.8 Å². The SMILES string of the molecule is COc1cc(Br)c(OCCCCCCN2C(=O)c3cc(Cl)c4c5c(Cl)cc6c7c(cc(Cl)c(c8c(Cl)cc(c3c48)C2=O)c75)C(=O)N(CCCCCCOc2cc(Br)c(OC)cc2Br)C6=O)cc1Br. The van der Waals surface area contributed by atoms with Crippen LogP contribution in [0.5, 0.6) is 23.0 Å². The quantitative estimate of drug-likeness (QED) is 0.0361. The lowest BCUT2D eigenvalue weighted by Crippen LogP contribution is -2.41. The van der Waals surface area contributed by atoms with Crippen molar-refractivity contribution in [2.45, 2.75) is 51.4 Å². The molecular formula is C50H38Br4Cl4N2O8. The van der Waals surface area contributed by atoms with Gasteiger partial charge in [-0.25, -0.2) is 0 Å². The normalized spacial score (nSPS) is 13.6. The summed E-state index contributed by atoms with van der Waals surface area (Å²) in [5.74, 6) is 0.851. The molecule has 9 rings (SSSR count). The highest BCUT2D eigenvalue weighted by atomic mass is 79.9. The zero-order chi connectivity index (χ0) is 48.3. The first-order valence-corrected chi connectivity index (χ1v) is 26.4. The number of amides is 4. The first kappa shape index (κ1) is 49.4. The number of rotatable bonds is 18. The minimum Gasteiger partial charge on any atom is -0.496 e. The van der Waals surface area contributed by atoms with Crippen molar-refractivity contribution in [2.75, 3.05) is 40.5 Å². The van der Waals surface area contributed by atoms with Crippen LogP contribution < -0.4 is 18.9 Å². The summed E-state index contributed by atoms with van der Waals surface area (Å²) in [6.45, 7) is 1.35. The number of imide groups is 2. The number of carbonyl (C=O) groups excluding carboxylic acids is 4. The van der Waals surface area contributed by atoms with Gasteiger partial charge in [-0.05, 0) is 138 Å². The van der Waals surface area contributed by atoms with Crippen molar-refractivity contribution in [1.82, 2.24) is 9.80 Å². The van der Waals surface area contributed by atoms with Gasteiger partial charge in [-0.3, -0.25) is 29.0 Å². The van der Waals surface area contributed by atoms with E-state index in [1.807, 2.05) is 24.3 Å². The third-order valence-corrected chi connectivity index (χ3v) is 16.2. The third-order valence-electron chi connectivity index (χ3n) is 12.5. The van der Waals surface area contributed by atoms with E-state index < -0.39 is 23.6 Å². The van der Waals surface area contributed by atoms with E-state index in [0.717, 1.165) is 56.4 Å². The second-order valence-corrected chi connectivity index (χ2v) is 21.6. The molecular weight excluding hydrogens is 1220 g/mol. The van der Waals surface area contributed by atoms with Gasteiger partial charge >= 0.3 is 0 Å². The van der Waals surface area contributed by atoms with Crippen molar-refractivity contribution in [3.05, 3.63) is 109 Å². The monoisotopic (exact) mass is 1250 g/mol. The summed E-state index contributed by atoms with van der Waals surface area (Å²) in [5, 5.41) is 4.19. The molecule has 352 valence electrons. The highest BCUT2D eigenvalue weighted by molar-refractivity contribution is 9.11. The van der Waals surface area contributed by atoms with Crippen LogP contribution in [-0.2, 0) is 0 Å². The van der Waals surface area contributed by atoms with Gasteiger partial charge in [0.25, 0.3) is 23.6 Å². The fourth-order valence-corrected chi connectivity index (χ4v) is 12.4. The summed E-state index contributed by atoms with van der Waals surface area (Å²) < 4.78 is 25.7. The van der Waals surface area contributed by atoms with Crippen molar-refractivity contribution < 1.29 is 38.1 Å². The minimum absolute atomic E-state index is 0.189. The number of unbranched alkanes of at least 4 members (excludes halogenated alkanes) is 6. The summed E-state index contributed by atoms with van der Waals surface area (Å²) in [4.78, 5) is 59.6. The molecule has 0 aromatic heterocycles. The lowest BCUT2D eigenvalue weighted by Gasteiger charge is -2.31. The molecule has 0 radical (unpaired) electrons. The molecule has 18 heteroatoms. The zero-order valence-electron chi connectivity index (χ0n) is 36.3. The third kappa shape index (κ3) is 8.70. The molecule has 4 amide bonds. The molecule has 0 N–H and O–H groups in total. The van der Waals surface area contributed by atoms with Crippen LogP contribution >= 0.6 is 110 Å². The predicted molar refractivity (Wildman–Crippen MR) is 283 cm³/mol. The van der Waals surface area contributed by atoms with E-state index in [1.54, 1.807) is 38.5 Å². The first-order valence-electron chi connectivity index (χ1n) is 21.7. The molecule has 2 heterocycles. The van der Waals surface area contributed by atoms with Gasteiger partial charge < -0.3 is 18.9 Å². The first-order chi connectivity index (χ1) is 32.7. The van der Waals surface area contributed by atoms with Crippen LogP contribution in [0.15, 0.2) is 66.4 Å². The van der Waals surface area contributed by atoms with Gasteiger partial charge in [0.15, 0.2) is 0 Å². The molecule has 0 atom stereocenters. The Balaban J connectivity index is 0.935. The Morgan fingerprint density at radius 2 is 0.662 bits per heavy atom. The average Bonchev–Trinajstić information content (AvgIpc) is 3.31. The number of halogens is 8. The maximum atomic E-state index is 14.3. The Morgan fingerprint density at radius 1 is 0.382 bits per heavy atom. The van der Waals surface area contributed by atoms with Gasteiger partial charge in [-0.1, -0.05) is 72.1 Å². The zero-order valence-corrected chi connectivity index (χ0v) is 45.7. The van der Waals surface area contributed by atoms with E-state index in [4.69, 9.17) is 65.4 Å². The van der Waals surface area contributed by atoms with Crippen LogP contribution in [-0.4, -0.2) is 74.0 Å². The molecule has 0 saturated heterocycles. The lowest BCUT2D eigenvalue weighted by atomic mass is 9.82. The summed E-state index contributed by atoms with van der Waals surface area (Å²) in [5.41, 5.74) is 0.997. The van der Waals surface area contributed by atoms with Crippen LogP contribution in [0, 0.1) is 0 Å². The van der Waals surface area contributed by atoms with Gasteiger partial charge in [-0.2, -0.15) is 0 Å². The number of fused-ring (bicyclic) bond motifs is 2. The van der Waals surface area contributed by atoms with E-state index in [9.17, 15) is 19.2 Å². The fourth-order valence-electron chi connectivity index (χ4n) is 9.34. The Labute approximate surface area is 444 Å². The van der Waals surface area contributed by atoms with Crippen molar-refractivity contribution in [1.29, 1.82) is 0 Å². The number of ether oxygens (including phenoxy) is 4. The molecule has 2 aliphatic rings. The van der Waals surface area contributed by atoms with Crippen LogP contribution in [0.4, 0.5) is 0 Å². The highest BCUT2D eigenvalue weighted by Crippen LogP contribution is 2.54. The summed E-state index contributed by atoms with van der Waals surface area (Å²) in [6, 6.07) is 13.6. The number of hydrogen-bond acceptors (Lipinski definition) is 8. The average molecular weight is 1260 g/mol. The van der Waals surface area contributed by atoms with Gasteiger partial charge in [0.05, 0.1) is 67.6 Å². The second-order valence-electron chi connectivity index (χ2n) is 16.5. The smallest absolute Gasteiger partial charge is 0.261 e. The minimum atomic E-state index is -0.476. The number of benzene rings is 7.